The Morgan fingerprint density at radius 1 is 1.34 bits per heavy atom. The number of Topliss-reactive ketones (excluding diaryl/α,β-unsaturated/α-hetero) is 1. The Morgan fingerprint density at radius 2 is 2.09 bits per heavy atom. The summed E-state index contributed by atoms with van der Waals surface area (Å²) in [4.78, 5) is 43.0. The summed E-state index contributed by atoms with van der Waals surface area (Å²) in [5, 5.41) is 12.7. The molecule has 1 heterocycles. The van der Waals surface area contributed by atoms with E-state index < -0.39 is 35.9 Å². The molecule has 0 spiro atoms. The van der Waals surface area contributed by atoms with Crippen LogP contribution in [0.25, 0.3) is 10.9 Å². The molecule has 3 N–H and O–H groups in total. The maximum atomic E-state index is 12.9. The SMILES string of the molecule is CO[C@@H](Cc1c[nH]c2c(C#N)cccc12)C(=O)N[C@@H](CCC(=O)C=[N+]=N)C(=O)OC(C)C. The third-order valence-electron chi connectivity index (χ3n) is 4.74. The van der Waals surface area contributed by atoms with E-state index in [9.17, 15) is 19.6 Å². The van der Waals surface area contributed by atoms with E-state index in [1.165, 1.54) is 7.11 Å². The third-order valence-corrected chi connectivity index (χ3v) is 4.74. The van der Waals surface area contributed by atoms with Crippen LogP contribution in [0.1, 0.15) is 37.8 Å². The van der Waals surface area contributed by atoms with Crippen LogP contribution in [0.2, 0.25) is 0 Å². The van der Waals surface area contributed by atoms with Crippen molar-refractivity contribution >= 4 is 34.8 Å². The van der Waals surface area contributed by atoms with E-state index in [1.807, 2.05) is 6.07 Å². The largest absolute Gasteiger partial charge is 0.461 e. The summed E-state index contributed by atoms with van der Waals surface area (Å²) in [7, 11) is 1.38. The molecule has 0 aliphatic carbocycles. The lowest BCUT2D eigenvalue weighted by Gasteiger charge is -2.21. The van der Waals surface area contributed by atoms with E-state index in [0.29, 0.717) is 11.1 Å². The number of hydrogen-bond donors (Lipinski definition) is 3. The highest BCUT2D eigenvalue weighted by atomic mass is 16.5. The molecule has 2 rings (SSSR count). The molecule has 1 amide bonds. The van der Waals surface area contributed by atoms with Crippen LogP contribution in [-0.4, -0.2) is 59.0 Å². The molecule has 168 valence electrons. The van der Waals surface area contributed by atoms with Gasteiger partial charge in [-0.2, -0.15) is 5.26 Å². The Hall–Kier alpha value is -3.80. The molecule has 0 saturated carbocycles. The van der Waals surface area contributed by atoms with Gasteiger partial charge in [-0.1, -0.05) is 12.1 Å². The Balaban J connectivity index is 2.17. The number of benzene rings is 1. The third kappa shape index (κ3) is 6.35. The first-order valence-electron chi connectivity index (χ1n) is 10.1. The Labute approximate surface area is 185 Å². The fourth-order valence-corrected chi connectivity index (χ4v) is 3.21. The smallest absolute Gasteiger partial charge is 0.372 e. The van der Waals surface area contributed by atoms with E-state index in [-0.39, 0.29) is 19.3 Å². The summed E-state index contributed by atoms with van der Waals surface area (Å²) in [6, 6.07) is 6.36. The average Bonchev–Trinajstić information content (AvgIpc) is 3.17. The van der Waals surface area contributed by atoms with Gasteiger partial charge >= 0.3 is 12.2 Å². The zero-order valence-electron chi connectivity index (χ0n) is 18.2. The molecule has 32 heavy (non-hydrogen) atoms. The molecule has 10 nitrogen and oxygen atoms in total. The minimum atomic E-state index is -1.06. The van der Waals surface area contributed by atoms with E-state index in [2.05, 4.69) is 21.2 Å². The van der Waals surface area contributed by atoms with Gasteiger partial charge in [0, 0.05) is 31.5 Å². The topological polar surface area (TPSA) is 159 Å². The van der Waals surface area contributed by atoms with Gasteiger partial charge in [0.2, 0.25) is 11.7 Å². The van der Waals surface area contributed by atoms with Crippen LogP contribution >= 0.6 is 0 Å². The minimum absolute atomic E-state index is 0.00278. The van der Waals surface area contributed by atoms with Crippen molar-refractivity contribution < 1.29 is 28.6 Å². The second kappa shape index (κ2) is 11.6. The zero-order chi connectivity index (χ0) is 23.7. The van der Waals surface area contributed by atoms with Gasteiger partial charge in [-0.05, 0) is 31.9 Å². The fourth-order valence-electron chi connectivity index (χ4n) is 3.21. The van der Waals surface area contributed by atoms with Crippen molar-refractivity contribution in [2.24, 2.45) is 0 Å². The number of fused-ring (bicyclic) bond motifs is 1. The molecule has 0 bridgehead atoms. The van der Waals surface area contributed by atoms with Gasteiger partial charge in [-0.25, -0.2) is 4.79 Å². The van der Waals surface area contributed by atoms with Crippen LogP contribution in [0, 0.1) is 16.9 Å². The van der Waals surface area contributed by atoms with E-state index in [4.69, 9.17) is 15.0 Å². The van der Waals surface area contributed by atoms with Gasteiger partial charge in [0.1, 0.15) is 18.2 Å². The van der Waals surface area contributed by atoms with E-state index >= 15 is 0 Å². The standard InChI is InChI=1S/C22H25N5O5/c1-13(2)32-22(30)18(8-7-16(28)12-26-24)27-21(29)19(31-3)9-15-11-25-20-14(10-23)5-4-6-17(15)20/h4-6,11-13,18-19,24-25H,7-9H2,1-3H3/p+1/t18-,19-/m0/s1. The van der Waals surface area contributed by atoms with Crippen molar-refractivity contribution in [1.82, 2.24) is 10.3 Å². The normalized spacial score (nSPS) is 12.5. The summed E-state index contributed by atoms with van der Waals surface area (Å²) < 4.78 is 10.6. The Kier molecular flexibility index (Phi) is 8.83. The second-order valence-electron chi connectivity index (χ2n) is 7.39. The number of methoxy groups -OCH3 is 1. The fraction of sp³-hybridized carbons (Fsp3) is 0.409. The molecule has 1 aromatic carbocycles. The second-order valence-corrected chi connectivity index (χ2v) is 7.39. The number of carbonyl (C=O) groups is 3. The van der Waals surface area contributed by atoms with Crippen molar-refractivity contribution in [3.63, 3.8) is 0 Å². The predicted octanol–water partition coefficient (Wildman–Crippen LogP) is 1.69. The maximum absolute atomic E-state index is 12.9. The average molecular weight is 440 g/mol. The van der Waals surface area contributed by atoms with Gasteiger partial charge in [-0.15, -0.1) is 0 Å². The van der Waals surface area contributed by atoms with Crippen LogP contribution in [0.5, 0.6) is 0 Å². The van der Waals surface area contributed by atoms with E-state index in [0.717, 1.165) is 17.2 Å². The van der Waals surface area contributed by atoms with Crippen LogP contribution in [-0.2, 0) is 30.3 Å². The molecule has 10 heteroatoms. The molecule has 0 aliphatic rings. The first-order chi connectivity index (χ1) is 15.3. The van der Waals surface area contributed by atoms with Crippen molar-refractivity contribution in [2.75, 3.05) is 7.11 Å². The van der Waals surface area contributed by atoms with Crippen LogP contribution < -0.4 is 5.32 Å². The number of aromatic nitrogens is 1. The number of nitrogens with zero attached hydrogens (tertiary/aromatic N) is 2. The molecule has 2 aromatic rings. The molecule has 0 aliphatic heterocycles. The number of ether oxygens (including phenoxy) is 2. The summed E-state index contributed by atoms with van der Waals surface area (Å²) in [6.07, 6.45) is 1.36. The number of ketones is 1. The van der Waals surface area contributed by atoms with Gasteiger partial charge in [0.25, 0.3) is 0 Å². The van der Waals surface area contributed by atoms with Gasteiger partial charge in [-0.3, -0.25) is 9.59 Å². The quantitative estimate of drug-likeness (QED) is 0.209. The molecular formula is C22H26N5O5+. The highest BCUT2D eigenvalue weighted by molar-refractivity contribution is 6.25. The monoisotopic (exact) mass is 440 g/mol. The maximum Gasteiger partial charge on any atom is 0.372 e. The number of aromatic amines is 1. The van der Waals surface area contributed by atoms with Gasteiger partial charge in [0.15, 0.2) is 0 Å². The predicted molar refractivity (Wildman–Crippen MR) is 114 cm³/mol. The number of nitrogens with one attached hydrogen (secondary N) is 3. The van der Waals surface area contributed by atoms with Crippen LogP contribution in [0.3, 0.4) is 0 Å². The molecule has 0 fully saturated rings. The number of H-pyrrole nitrogens is 1. The number of rotatable bonds is 11. The first kappa shape index (κ1) is 24.5. The van der Waals surface area contributed by atoms with Crippen molar-refractivity contribution in [1.29, 1.82) is 10.8 Å². The van der Waals surface area contributed by atoms with Crippen molar-refractivity contribution in [3.05, 3.63) is 35.5 Å². The highest BCUT2D eigenvalue weighted by Crippen LogP contribution is 2.23. The van der Waals surface area contributed by atoms with E-state index in [1.54, 1.807) is 32.2 Å². The number of esters is 1. The summed E-state index contributed by atoms with van der Waals surface area (Å²) in [5.41, 5.74) is 8.66. The van der Waals surface area contributed by atoms with Crippen LogP contribution in [0.15, 0.2) is 24.4 Å². The lowest BCUT2D eigenvalue weighted by atomic mass is 10.0. The van der Waals surface area contributed by atoms with Crippen LogP contribution in [0.4, 0.5) is 0 Å². The molecule has 2 atom stereocenters. The zero-order valence-corrected chi connectivity index (χ0v) is 18.2. The lowest BCUT2D eigenvalue weighted by Crippen LogP contribution is -2.48. The molecule has 0 unspecified atom stereocenters. The number of nitriles is 1. The molecule has 1 aromatic heterocycles. The molecule has 0 radical (unpaired) electrons. The Bertz CT molecular complexity index is 1080. The number of carbonyl (C=O) groups excluding carboxylic acids is 3. The molecular weight excluding hydrogens is 414 g/mol. The summed E-state index contributed by atoms with van der Waals surface area (Å²) in [5.74, 6) is -1.64. The lowest BCUT2D eigenvalue weighted by molar-refractivity contribution is -0.152. The van der Waals surface area contributed by atoms with Gasteiger partial charge in [0.05, 0.1) is 27.5 Å². The number of hydrogen-bond acceptors (Lipinski definition) is 7. The summed E-state index contributed by atoms with van der Waals surface area (Å²) >= 11 is 0. The van der Waals surface area contributed by atoms with Crippen molar-refractivity contribution in [3.8, 4) is 6.07 Å². The Morgan fingerprint density at radius 3 is 2.72 bits per heavy atom. The summed E-state index contributed by atoms with van der Waals surface area (Å²) in [6.45, 7) is 3.36. The highest BCUT2D eigenvalue weighted by Gasteiger charge is 2.28. The molecule has 0 saturated heterocycles. The minimum Gasteiger partial charge on any atom is -0.461 e. The first-order valence-corrected chi connectivity index (χ1v) is 10.1. The van der Waals surface area contributed by atoms with Crippen molar-refractivity contribution in [2.45, 2.75) is 51.4 Å². The van der Waals surface area contributed by atoms with Gasteiger partial charge < -0.3 is 19.8 Å². The number of amides is 1. The number of para-hydroxylation sites is 1.